The molecule has 1 saturated heterocycles. The molecule has 1 unspecified atom stereocenters. The minimum absolute atomic E-state index is 0.0381. The van der Waals surface area contributed by atoms with E-state index in [1.165, 1.54) is 38.2 Å². The lowest BCUT2D eigenvalue weighted by Gasteiger charge is -2.15. The summed E-state index contributed by atoms with van der Waals surface area (Å²) < 4.78 is 21.0. The van der Waals surface area contributed by atoms with Gasteiger partial charge in [-0.15, -0.1) is 0 Å². The van der Waals surface area contributed by atoms with E-state index in [0.29, 0.717) is 11.4 Å². The van der Waals surface area contributed by atoms with Crippen LogP contribution in [0.5, 0.6) is 5.75 Å². The molecule has 1 amide bonds. The zero-order valence-corrected chi connectivity index (χ0v) is 21.1. The van der Waals surface area contributed by atoms with Crippen molar-refractivity contribution < 1.29 is 13.9 Å². The van der Waals surface area contributed by atoms with Gasteiger partial charge in [-0.3, -0.25) is 4.79 Å². The number of methoxy groups -OCH3 is 1. The summed E-state index contributed by atoms with van der Waals surface area (Å²) in [5, 5.41) is 2.92. The highest BCUT2D eigenvalue weighted by atomic mass is 19.1. The molecule has 3 aromatic rings. The van der Waals surface area contributed by atoms with Crippen LogP contribution in [0.3, 0.4) is 0 Å². The fourth-order valence-electron chi connectivity index (χ4n) is 4.59. The molecular weight excluding hydrogens is 443 g/mol. The van der Waals surface area contributed by atoms with Crippen molar-refractivity contribution >= 4 is 5.91 Å². The molecule has 1 N–H and O–H groups in total. The summed E-state index contributed by atoms with van der Waals surface area (Å²) in [4.78, 5) is 19.9. The lowest BCUT2D eigenvalue weighted by atomic mass is 10.1. The van der Waals surface area contributed by atoms with Gasteiger partial charge in [0.05, 0.1) is 12.8 Å². The molecule has 6 nitrogen and oxygen atoms in total. The van der Waals surface area contributed by atoms with Crippen molar-refractivity contribution in [3.8, 4) is 28.4 Å². The topological polar surface area (TPSA) is 59.4 Å². The van der Waals surface area contributed by atoms with E-state index in [2.05, 4.69) is 41.4 Å². The van der Waals surface area contributed by atoms with Gasteiger partial charge in [0, 0.05) is 36.5 Å². The van der Waals surface area contributed by atoms with Crippen LogP contribution in [0.25, 0.3) is 22.6 Å². The predicted molar refractivity (Wildman–Crippen MR) is 137 cm³/mol. The van der Waals surface area contributed by atoms with Crippen LogP contribution in [0.4, 0.5) is 4.39 Å². The molecule has 1 atom stereocenters. The van der Waals surface area contributed by atoms with Crippen LogP contribution in [0.15, 0.2) is 48.7 Å². The summed E-state index contributed by atoms with van der Waals surface area (Å²) >= 11 is 0. The second kappa shape index (κ2) is 11.0. The molecule has 0 spiro atoms. The quantitative estimate of drug-likeness (QED) is 0.481. The summed E-state index contributed by atoms with van der Waals surface area (Å²) in [6.45, 7) is 9.75. The van der Waals surface area contributed by atoms with Gasteiger partial charge in [-0.1, -0.05) is 31.2 Å². The molecule has 0 saturated carbocycles. The number of carbonyl (C=O) groups is 1. The number of nitrogens with zero attached hydrogens (tertiary/aromatic N) is 3. The first kappa shape index (κ1) is 24.9. The third-order valence-corrected chi connectivity index (χ3v) is 6.42. The van der Waals surface area contributed by atoms with E-state index in [-0.39, 0.29) is 24.2 Å². The lowest BCUT2D eigenvalue weighted by molar-refractivity contribution is -0.122. The Labute approximate surface area is 207 Å². The molecule has 186 valence electrons. The Kier molecular flexibility index (Phi) is 7.86. The standard InChI is InChI=1S/C28H35FN4O2/c1-19(2)30-27(34)18-33-17-25(31-28(33)23-9-10-24(29)26(15-23)35-4)22-7-5-21(6-8-22)12-14-32-13-11-20(3)16-32/h5-10,15,17,19-20H,11-14,16,18H2,1-4H3,(H,30,34). The number of amides is 1. The largest absolute Gasteiger partial charge is 0.494 e. The number of aromatic nitrogens is 2. The highest BCUT2D eigenvalue weighted by Gasteiger charge is 2.19. The monoisotopic (exact) mass is 478 g/mol. The van der Waals surface area contributed by atoms with Crippen molar-refractivity contribution in [3.63, 3.8) is 0 Å². The molecular formula is C28H35FN4O2. The number of nitrogens with one attached hydrogen (secondary N) is 1. The van der Waals surface area contributed by atoms with E-state index in [0.717, 1.165) is 30.1 Å². The van der Waals surface area contributed by atoms with Gasteiger partial charge in [0.2, 0.25) is 5.91 Å². The number of hydrogen-bond acceptors (Lipinski definition) is 4. The zero-order valence-electron chi connectivity index (χ0n) is 21.1. The maximum absolute atomic E-state index is 14.0. The van der Waals surface area contributed by atoms with Crippen LogP contribution in [0.1, 0.15) is 32.8 Å². The van der Waals surface area contributed by atoms with E-state index < -0.39 is 5.82 Å². The number of ether oxygens (including phenoxy) is 1. The van der Waals surface area contributed by atoms with Crippen molar-refractivity contribution in [1.29, 1.82) is 0 Å². The highest BCUT2D eigenvalue weighted by Crippen LogP contribution is 2.29. The number of hydrogen-bond donors (Lipinski definition) is 1. The van der Waals surface area contributed by atoms with Crippen molar-refractivity contribution in [2.24, 2.45) is 5.92 Å². The van der Waals surface area contributed by atoms with Crippen LogP contribution < -0.4 is 10.1 Å². The molecule has 2 aromatic carbocycles. The first-order chi connectivity index (χ1) is 16.8. The Morgan fingerprint density at radius 3 is 2.60 bits per heavy atom. The molecule has 1 aliphatic rings. The Morgan fingerprint density at radius 2 is 1.94 bits per heavy atom. The second-order valence-electron chi connectivity index (χ2n) is 9.79. The van der Waals surface area contributed by atoms with Gasteiger partial charge in [0.1, 0.15) is 12.4 Å². The molecule has 35 heavy (non-hydrogen) atoms. The van der Waals surface area contributed by atoms with Crippen LogP contribution in [-0.4, -0.2) is 53.1 Å². The van der Waals surface area contributed by atoms with E-state index >= 15 is 0 Å². The molecule has 1 fully saturated rings. The highest BCUT2D eigenvalue weighted by molar-refractivity contribution is 5.77. The smallest absolute Gasteiger partial charge is 0.240 e. The molecule has 4 rings (SSSR count). The normalized spacial score (nSPS) is 16.1. The summed E-state index contributed by atoms with van der Waals surface area (Å²) in [5.74, 6) is 0.980. The molecule has 7 heteroatoms. The zero-order chi connectivity index (χ0) is 24.9. The Balaban J connectivity index is 1.57. The number of likely N-dealkylation sites (tertiary alicyclic amines) is 1. The summed E-state index contributed by atoms with van der Waals surface area (Å²) in [6, 6.07) is 13.1. The first-order valence-electron chi connectivity index (χ1n) is 12.3. The Bertz CT molecular complexity index is 1160. The van der Waals surface area contributed by atoms with Gasteiger partial charge in [-0.2, -0.15) is 0 Å². The summed E-state index contributed by atoms with van der Waals surface area (Å²) in [5.41, 5.74) is 3.72. The number of imidazole rings is 1. The van der Waals surface area contributed by atoms with Crippen molar-refractivity contribution in [3.05, 3.63) is 60.0 Å². The summed E-state index contributed by atoms with van der Waals surface area (Å²) in [6.07, 6.45) is 4.20. The molecule has 0 radical (unpaired) electrons. The number of halogens is 1. The van der Waals surface area contributed by atoms with Crippen molar-refractivity contribution in [2.45, 2.75) is 46.2 Å². The minimum Gasteiger partial charge on any atom is -0.494 e. The Morgan fingerprint density at radius 1 is 1.20 bits per heavy atom. The van der Waals surface area contributed by atoms with Crippen LogP contribution in [0, 0.1) is 11.7 Å². The van der Waals surface area contributed by atoms with Gasteiger partial charge >= 0.3 is 0 Å². The average Bonchev–Trinajstić information content (AvgIpc) is 3.44. The third-order valence-electron chi connectivity index (χ3n) is 6.42. The van der Waals surface area contributed by atoms with Gasteiger partial charge in [-0.25, -0.2) is 9.37 Å². The maximum atomic E-state index is 14.0. The SMILES string of the molecule is COc1cc(-c2nc(-c3ccc(CCN4CCC(C)C4)cc3)cn2CC(=O)NC(C)C)ccc1F. The fraction of sp³-hybridized carbons (Fsp3) is 0.429. The minimum atomic E-state index is -0.439. The van der Waals surface area contributed by atoms with E-state index in [9.17, 15) is 9.18 Å². The second-order valence-corrected chi connectivity index (χ2v) is 9.79. The lowest BCUT2D eigenvalue weighted by Crippen LogP contribution is -2.33. The molecule has 0 bridgehead atoms. The van der Waals surface area contributed by atoms with Crippen LogP contribution in [0.2, 0.25) is 0 Å². The van der Waals surface area contributed by atoms with Crippen LogP contribution >= 0.6 is 0 Å². The Hall–Kier alpha value is -3.19. The molecule has 0 aliphatic carbocycles. The average molecular weight is 479 g/mol. The van der Waals surface area contributed by atoms with E-state index in [1.54, 1.807) is 12.1 Å². The molecule has 1 aliphatic heterocycles. The maximum Gasteiger partial charge on any atom is 0.240 e. The summed E-state index contributed by atoms with van der Waals surface area (Å²) in [7, 11) is 1.43. The number of benzene rings is 2. The van der Waals surface area contributed by atoms with Crippen LogP contribution in [-0.2, 0) is 17.8 Å². The molecule has 1 aromatic heterocycles. The predicted octanol–water partition coefficient (Wildman–Crippen LogP) is 4.77. The number of carbonyl (C=O) groups excluding carboxylic acids is 1. The van der Waals surface area contributed by atoms with Gasteiger partial charge < -0.3 is 19.5 Å². The first-order valence-corrected chi connectivity index (χ1v) is 12.3. The van der Waals surface area contributed by atoms with Gasteiger partial charge in [0.15, 0.2) is 11.6 Å². The van der Waals surface area contributed by atoms with Crippen molar-refractivity contribution in [1.82, 2.24) is 19.8 Å². The fourth-order valence-corrected chi connectivity index (χ4v) is 4.59. The third kappa shape index (κ3) is 6.28. The van der Waals surface area contributed by atoms with E-state index in [1.807, 2.05) is 24.6 Å². The van der Waals surface area contributed by atoms with Gasteiger partial charge in [0.25, 0.3) is 0 Å². The van der Waals surface area contributed by atoms with Crippen molar-refractivity contribution in [2.75, 3.05) is 26.7 Å². The van der Waals surface area contributed by atoms with Gasteiger partial charge in [-0.05, 0) is 62.9 Å². The van der Waals surface area contributed by atoms with E-state index in [4.69, 9.17) is 9.72 Å². The molecule has 2 heterocycles. The number of rotatable bonds is 9.